The van der Waals surface area contributed by atoms with E-state index in [1.807, 2.05) is 0 Å². The Morgan fingerprint density at radius 1 is 1.10 bits per heavy atom. The summed E-state index contributed by atoms with van der Waals surface area (Å²) in [5.74, 6) is -2.61. The van der Waals surface area contributed by atoms with Gasteiger partial charge in [-0.15, -0.1) is 0 Å². The number of amides is 1. The number of hydrogen-bond donors (Lipinski definition) is 2. The zero-order valence-electron chi connectivity index (χ0n) is 15.3. The number of sulfonamides is 1. The summed E-state index contributed by atoms with van der Waals surface area (Å²) in [5, 5.41) is 2.38. The normalized spacial score (nSPS) is 14.7. The topological polar surface area (TPSA) is 84.5 Å². The Hall–Kier alpha value is -2.23. The zero-order chi connectivity index (χ0) is 21.0. The molecule has 0 aromatic heterocycles. The van der Waals surface area contributed by atoms with Crippen LogP contribution in [0, 0.1) is 11.6 Å². The summed E-state index contributed by atoms with van der Waals surface area (Å²) in [7, 11) is -3.70. The smallest absolute Gasteiger partial charge is 0.262 e. The van der Waals surface area contributed by atoms with E-state index in [-0.39, 0.29) is 27.4 Å². The number of ether oxygens (including phenoxy) is 1. The molecule has 6 nitrogen and oxygen atoms in total. The van der Waals surface area contributed by atoms with Crippen molar-refractivity contribution in [3.05, 3.63) is 53.1 Å². The Balaban J connectivity index is 1.59. The number of anilines is 1. The van der Waals surface area contributed by atoms with Crippen LogP contribution in [0.3, 0.4) is 0 Å². The van der Waals surface area contributed by atoms with Crippen molar-refractivity contribution in [2.75, 3.05) is 11.9 Å². The molecule has 2 aromatic carbocycles. The van der Waals surface area contributed by atoms with Crippen LogP contribution >= 0.6 is 11.6 Å². The standard InChI is InChI=1S/C19H19ClF2N2O4S/c20-15-10-14(29(26,27)24-12-3-1-2-4-12)6-8-18(15)28-11-19(25)23-13-5-7-16(21)17(22)9-13/h5-10,12,24H,1-4,11H2,(H,23,25). The molecule has 0 radical (unpaired) electrons. The molecule has 10 heteroatoms. The summed E-state index contributed by atoms with van der Waals surface area (Å²) in [5.41, 5.74) is 0.0722. The molecular weight excluding hydrogens is 426 g/mol. The van der Waals surface area contributed by atoms with Crippen molar-refractivity contribution >= 4 is 33.2 Å². The molecule has 156 valence electrons. The van der Waals surface area contributed by atoms with Crippen molar-refractivity contribution in [3.8, 4) is 5.75 Å². The molecule has 1 aliphatic rings. The fraction of sp³-hybridized carbons (Fsp3) is 0.316. The molecule has 0 bridgehead atoms. The van der Waals surface area contributed by atoms with Crippen LogP contribution < -0.4 is 14.8 Å². The van der Waals surface area contributed by atoms with Crippen LogP contribution in [0.15, 0.2) is 41.3 Å². The zero-order valence-corrected chi connectivity index (χ0v) is 16.8. The second kappa shape index (κ2) is 9.06. The predicted molar refractivity (Wildman–Crippen MR) is 105 cm³/mol. The Morgan fingerprint density at radius 2 is 1.83 bits per heavy atom. The number of carbonyl (C=O) groups excluding carboxylic acids is 1. The molecule has 1 saturated carbocycles. The first kappa shape index (κ1) is 21.5. The minimum atomic E-state index is -3.70. The molecule has 1 amide bonds. The second-order valence-corrected chi connectivity index (χ2v) is 8.78. The molecule has 2 N–H and O–H groups in total. The van der Waals surface area contributed by atoms with Gasteiger partial charge in [0.15, 0.2) is 18.2 Å². The lowest BCUT2D eigenvalue weighted by molar-refractivity contribution is -0.118. The monoisotopic (exact) mass is 444 g/mol. The minimum Gasteiger partial charge on any atom is -0.482 e. The molecule has 0 saturated heterocycles. The van der Waals surface area contributed by atoms with Crippen LogP contribution in [0.1, 0.15) is 25.7 Å². The number of carbonyl (C=O) groups is 1. The van der Waals surface area contributed by atoms with Gasteiger partial charge >= 0.3 is 0 Å². The average Bonchev–Trinajstić information content (AvgIpc) is 3.16. The van der Waals surface area contributed by atoms with Crippen LogP contribution in [0.4, 0.5) is 14.5 Å². The van der Waals surface area contributed by atoms with Crippen molar-refractivity contribution in [2.45, 2.75) is 36.6 Å². The van der Waals surface area contributed by atoms with Gasteiger partial charge in [0, 0.05) is 17.8 Å². The van der Waals surface area contributed by atoms with E-state index in [9.17, 15) is 22.0 Å². The molecule has 0 aliphatic heterocycles. The Kier molecular flexibility index (Phi) is 6.71. The fourth-order valence-electron chi connectivity index (χ4n) is 3.01. The Morgan fingerprint density at radius 3 is 2.48 bits per heavy atom. The van der Waals surface area contributed by atoms with Gasteiger partial charge in [-0.2, -0.15) is 0 Å². The summed E-state index contributed by atoms with van der Waals surface area (Å²) in [6, 6.07) is 6.82. The van der Waals surface area contributed by atoms with E-state index < -0.39 is 34.2 Å². The van der Waals surface area contributed by atoms with Crippen LogP contribution in [0.5, 0.6) is 5.75 Å². The summed E-state index contributed by atoms with van der Waals surface area (Å²) in [4.78, 5) is 11.9. The predicted octanol–water partition coefficient (Wildman–Crippen LogP) is 3.86. The maximum absolute atomic E-state index is 13.2. The van der Waals surface area contributed by atoms with E-state index in [0.717, 1.165) is 37.8 Å². The van der Waals surface area contributed by atoms with Crippen molar-refractivity contribution in [3.63, 3.8) is 0 Å². The highest BCUT2D eigenvalue weighted by molar-refractivity contribution is 7.89. The van der Waals surface area contributed by atoms with Crippen LogP contribution in [0.25, 0.3) is 0 Å². The molecule has 0 atom stereocenters. The van der Waals surface area contributed by atoms with E-state index in [1.54, 1.807) is 0 Å². The maximum atomic E-state index is 13.2. The third-order valence-electron chi connectivity index (χ3n) is 4.45. The highest BCUT2D eigenvalue weighted by atomic mass is 35.5. The largest absolute Gasteiger partial charge is 0.482 e. The van der Waals surface area contributed by atoms with Crippen molar-refractivity contribution in [2.24, 2.45) is 0 Å². The van der Waals surface area contributed by atoms with Crippen LogP contribution in [-0.2, 0) is 14.8 Å². The Bertz CT molecular complexity index is 1010. The van der Waals surface area contributed by atoms with Crippen molar-refractivity contribution < 1.29 is 26.7 Å². The van der Waals surface area contributed by atoms with Gasteiger partial charge < -0.3 is 10.1 Å². The van der Waals surface area contributed by atoms with E-state index in [0.29, 0.717) is 0 Å². The van der Waals surface area contributed by atoms with Gasteiger partial charge in [-0.05, 0) is 43.2 Å². The van der Waals surface area contributed by atoms with Crippen molar-refractivity contribution in [1.29, 1.82) is 0 Å². The molecule has 0 unspecified atom stereocenters. The SMILES string of the molecule is O=C(COc1ccc(S(=O)(=O)NC2CCCC2)cc1Cl)Nc1ccc(F)c(F)c1. The van der Waals surface area contributed by atoms with Crippen LogP contribution in [0.2, 0.25) is 5.02 Å². The van der Waals surface area contributed by atoms with Gasteiger partial charge in [0.1, 0.15) is 5.75 Å². The number of halogens is 3. The summed E-state index contributed by atoms with van der Waals surface area (Å²) in [6.07, 6.45) is 3.60. The first-order valence-corrected chi connectivity index (χ1v) is 10.8. The van der Waals surface area contributed by atoms with Gasteiger partial charge in [0.25, 0.3) is 5.91 Å². The van der Waals surface area contributed by atoms with Gasteiger partial charge in [-0.1, -0.05) is 24.4 Å². The van der Waals surface area contributed by atoms with Gasteiger partial charge in [-0.25, -0.2) is 21.9 Å². The molecule has 3 rings (SSSR count). The lowest BCUT2D eigenvalue weighted by Gasteiger charge is -2.14. The molecule has 0 heterocycles. The van der Waals surface area contributed by atoms with E-state index in [4.69, 9.17) is 16.3 Å². The minimum absolute atomic E-state index is 0.00740. The van der Waals surface area contributed by atoms with Gasteiger partial charge in [0.2, 0.25) is 10.0 Å². The number of benzene rings is 2. The number of rotatable bonds is 7. The van der Waals surface area contributed by atoms with Gasteiger partial charge in [-0.3, -0.25) is 4.79 Å². The highest BCUT2D eigenvalue weighted by Gasteiger charge is 2.23. The summed E-state index contributed by atoms with van der Waals surface area (Å²) >= 11 is 6.09. The number of hydrogen-bond acceptors (Lipinski definition) is 4. The molecule has 2 aromatic rings. The third-order valence-corrected chi connectivity index (χ3v) is 6.27. The molecule has 1 aliphatic carbocycles. The lowest BCUT2D eigenvalue weighted by Crippen LogP contribution is -2.32. The van der Waals surface area contributed by atoms with Crippen LogP contribution in [-0.4, -0.2) is 27.0 Å². The molecule has 0 spiro atoms. The maximum Gasteiger partial charge on any atom is 0.262 e. The molecular formula is C19H19ClF2N2O4S. The number of nitrogens with one attached hydrogen (secondary N) is 2. The average molecular weight is 445 g/mol. The van der Waals surface area contributed by atoms with E-state index in [2.05, 4.69) is 10.0 Å². The first-order valence-electron chi connectivity index (χ1n) is 8.94. The van der Waals surface area contributed by atoms with E-state index >= 15 is 0 Å². The van der Waals surface area contributed by atoms with E-state index in [1.165, 1.54) is 24.3 Å². The Labute approximate surface area is 172 Å². The second-order valence-electron chi connectivity index (χ2n) is 6.66. The lowest BCUT2D eigenvalue weighted by atomic mass is 10.3. The molecule has 1 fully saturated rings. The third kappa shape index (κ3) is 5.65. The quantitative estimate of drug-likeness (QED) is 0.679. The molecule has 29 heavy (non-hydrogen) atoms. The summed E-state index contributed by atoms with van der Waals surface area (Å²) < 4.78 is 58.9. The summed E-state index contributed by atoms with van der Waals surface area (Å²) in [6.45, 7) is -0.453. The van der Waals surface area contributed by atoms with Crippen molar-refractivity contribution in [1.82, 2.24) is 4.72 Å². The van der Waals surface area contributed by atoms with Gasteiger partial charge in [0.05, 0.1) is 9.92 Å². The highest BCUT2D eigenvalue weighted by Crippen LogP contribution is 2.28. The fourth-order valence-corrected chi connectivity index (χ4v) is 4.64. The first-order chi connectivity index (χ1) is 13.7.